The van der Waals surface area contributed by atoms with Crippen LogP contribution in [0.15, 0.2) is 23.8 Å². The largest absolute Gasteiger partial charge is 0.462 e. The van der Waals surface area contributed by atoms with Crippen LogP contribution in [0.2, 0.25) is 0 Å². The van der Waals surface area contributed by atoms with Crippen LogP contribution in [0.1, 0.15) is 27.7 Å². The molecule has 0 N–H and O–H groups in total. The Balaban J connectivity index is 4.38. The average molecular weight is 226 g/mol. The topological polar surface area (TPSA) is 52.6 Å². The van der Waals surface area contributed by atoms with E-state index in [1.807, 2.05) is 0 Å². The molecule has 0 fully saturated rings. The highest BCUT2D eigenvalue weighted by Gasteiger charge is 2.06. The van der Waals surface area contributed by atoms with Crippen LogP contribution in [0, 0.1) is 0 Å². The van der Waals surface area contributed by atoms with Gasteiger partial charge in [0.05, 0.1) is 12.2 Å². The molecule has 0 rings (SSSR count). The summed E-state index contributed by atoms with van der Waals surface area (Å²) in [7, 11) is 0. The molecular weight excluding hydrogens is 208 g/mol. The van der Waals surface area contributed by atoms with E-state index in [1.54, 1.807) is 39.0 Å². The molecule has 0 saturated heterocycles. The molecule has 0 heterocycles. The smallest absolute Gasteiger partial charge is 0.337 e. The SMILES string of the molecule is C/C=C(/C=C\C(C)OC(C)=O)C(=O)OCC. The summed E-state index contributed by atoms with van der Waals surface area (Å²) in [6, 6.07) is 0. The Morgan fingerprint density at radius 2 is 2.00 bits per heavy atom. The molecule has 0 aliphatic carbocycles. The van der Waals surface area contributed by atoms with Gasteiger partial charge in [0.15, 0.2) is 0 Å². The molecule has 0 aromatic carbocycles. The number of ether oxygens (including phenoxy) is 2. The summed E-state index contributed by atoms with van der Waals surface area (Å²) in [5.74, 6) is -0.730. The van der Waals surface area contributed by atoms with Crippen LogP contribution >= 0.6 is 0 Å². The molecule has 90 valence electrons. The van der Waals surface area contributed by atoms with E-state index in [4.69, 9.17) is 9.47 Å². The lowest BCUT2D eigenvalue weighted by atomic mass is 10.2. The molecule has 0 aromatic heterocycles. The number of carbonyl (C=O) groups excluding carboxylic acids is 2. The molecule has 1 unspecified atom stereocenters. The average Bonchev–Trinajstić information content (AvgIpc) is 2.17. The molecule has 0 aromatic rings. The van der Waals surface area contributed by atoms with Crippen molar-refractivity contribution in [1.29, 1.82) is 0 Å². The highest BCUT2D eigenvalue weighted by Crippen LogP contribution is 2.03. The number of hydrogen-bond acceptors (Lipinski definition) is 4. The van der Waals surface area contributed by atoms with Gasteiger partial charge in [-0.3, -0.25) is 4.79 Å². The summed E-state index contributed by atoms with van der Waals surface area (Å²) in [4.78, 5) is 22.0. The van der Waals surface area contributed by atoms with Crippen molar-refractivity contribution < 1.29 is 19.1 Å². The van der Waals surface area contributed by atoms with Gasteiger partial charge in [-0.1, -0.05) is 6.08 Å². The molecule has 0 spiro atoms. The second kappa shape index (κ2) is 7.68. The normalized spacial score (nSPS) is 13.6. The quantitative estimate of drug-likeness (QED) is 0.409. The number of carbonyl (C=O) groups is 2. The Kier molecular flexibility index (Phi) is 6.92. The van der Waals surface area contributed by atoms with Gasteiger partial charge in [0.25, 0.3) is 0 Å². The molecule has 0 aliphatic heterocycles. The van der Waals surface area contributed by atoms with Crippen molar-refractivity contribution in [3.63, 3.8) is 0 Å². The summed E-state index contributed by atoms with van der Waals surface area (Å²) < 4.78 is 9.72. The van der Waals surface area contributed by atoms with Crippen molar-refractivity contribution in [3.05, 3.63) is 23.8 Å². The maximum absolute atomic E-state index is 11.4. The zero-order valence-corrected chi connectivity index (χ0v) is 10.1. The minimum absolute atomic E-state index is 0.337. The van der Waals surface area contributed by atoms with Gasteiger partial charge in [-0.05, 0) is 32.9 Å². The Morgan fingerprint density at radius 1 is 1.38 bits per heavy atom. The van der Waals surface area contributed by atoms with E-state index in [1.165, 1.54) is 6.92 Å². The third-order valence-electron chi connectivity index (χ3n) is 1.72. The van der Waals surface area contributed by atoms with Crippen molar-refractivity contribution in [1.82, 2.24) is 0 Å². The van der Waals surface area contributed by atoms with Crippen LogP contribution in [0.4, 0.5) is 0 Å². The molecule has 16 heavy (non-hydrogen) atoms. The molecule has 4 heteroatoms. The predicted molar refractivity (Wildman–Crippen MR) is 60.8 cm³/mol. The van der Waals surface area contributed by atoms with Crippen LogP contribution in [0.3, 0.4) is 0 Å². The van der Waals surface area contributed by atoms with Gasteiger partial charge in [-0.2, -0.15) is 0 Å². The van der Waals surface area contributed by atoms with Crippen molar-refractivity contribution in [2.24, 2.45) is 0 Å². The third-order valence-corrected chi connectivity index (χ3v) is 1.72. The second-order valence-electron chi connectivity index (χ2n) is 3.14. The van der Waals surface area contributed by atoms with E-state index in [0.717, 1.165) is 0 Å². The molecular formula is C12H18O4. The summed E-state index contributed by atoms with van der Waals surface area (Å²) in [6.07, 6.45) is 4.51. The fourth-order valence-corrected chi connectivity index (χ4v) is 1.04. The molecule has 4 nitrogen and oxygen atoms in total. The maximum atomic E-state index is 11.4. The van der Waals surface area contributed by atoms with E-state index < -0.39 is 0 Å². The summed E-state index contributed by atoms with van der Waals surface area (Å²) in [5, 5.41) is 0. The monoisotopic (exact) mass is 226 g/mol. The van der Waals surface area contributed by atoms with Crippen LogP contribution in [-0.4, -0.2) is 24.6 Å². The van der Waals surface area contributed by atoms with Gasteiger partial charge in [0.2, 0.25) is 0 Å². The first-order valence-corrected chi connectivity index (χ1v) is 5.20. The van der Waals surface area contributed by atoms with Crippen molar-refractivity contribution in [2.45, 2.75) is 33.8 Å². The van der Waals surface area contributed by atoms with Gasteiger partial charge in [0.1, 0.15) is 6.10 Å². The predicted octanol–water partition coefficient (Wildman–Crippen LogP) is 2.00. The lowest BCUT2D eigenvalue weighted by Gasteiger charge is -2.06. The Labute approximate surface area is 95.9 Å². The van der Waals surface area contributed by atoms with Crippen molar-refractivity contribution in [2.75, 3.05) is 6.61 Å². The number of allylic oxidation sites excluding steroid dienone is 1. The molecule has 1 atom stereocenters. The fourth-order valence-electron chi connectivity index (χ4n) is 1.04. The zero-order valence-electron chi connectivity index (χ0n) is 10.1. The Bertz CT molecular complexity index is 302. The molecule has 0 aliphatic rings. The molecule has 0 saturated carbocycles. The van der Waals surface area contributed by atoms with Gasteiger partial charge < -0.3 is 9.47 Å². The first-order valence-electron chi connectivity index (χ1n) is 5.20. The lowest BCUT2D eigenvalue weighted by Crippen LogP contribution is -2.10. The van der Waals surface area contributed by atoms with E-state index in [0.29, 0.717) is 12.2 Å². The standard InChI is InChI=1S/C12H18O4/c1-5-11(12(14)15-6-2)8-7-9(3)16-10(4)13/h5,7-9H,6H2,1-4H3/b8-7-,11-5-. The van der Waals surface area contributed by atoms with E-state index in [9.17, 15) is 9.59 Å². The first kappa shape index (κ1) is 14.4. The number of rotatable bonds is 5. The summed E-state index contributed by atoms with van der Waals surface area (Å²) >= 11 is 0. The van der Waals surface area contributed by atoms with Gasteiger partial charge in [0, 0.05) is 6.92 Å². The molecule has 0 bridgehead atoms. The minimum atomic E-state index is -0.378. The van der Waals surface area contributed by atoms with Crippen LogP contribution in [-0.2, 0) is 19.1 Å². The highest BCUT2D eigenvalue weighted by atomic mass is 16.5. The number of esters is 2. The molecule has 0 radical (unpaired) electrons. The van der Waals surface area contributed by atoms with Gasteiger partial charge in [-0.15, -0.1) is 0 Å². The Morgan fingerprint density at radius 3 is 2.44 bits per heavy atom. The second-order valence-corrected chi connectivity index (χ2v) is 3.14. The molecule has 0 amide bonds. The highest BCUT2D eigenvalue weighted by molar-refractivity contribution is 5.91. The van der Waals surface area contributed by atoms with Crippen LogP contribution < -0.4 is 0 Å². The van der Waals surface area contributed by atoms with Crippen molar-refractivity contribution >= 4 is 11.9 Å². The zero-order chi connectivity index (χ0) is 12.6. The lowest BCUT2D eigenvalue weighted by molar-refractivity contribution is -0.143. The first-order chi connectivity index (χ1) is 7.51. The summed E-state index contributed by atoms with van der Waals surface area (Å²) in [6.45, 7) is 6.88. The van der Waals surface area contributed by atoms with Crippen molar-refractivity contribution in [3.8, 4) is 0 Å². The van der Waals surface area contributed by atoms with E-state index in [2.05, 4.69) is 0 Å². The van der Waals surface area contributed by atoms with Gasteiger partial charge >= 0.3 is 11.9 Å². The minimum Gasteiger partial charge on any atom is -0.462 e. The fraction of sp³-hybridized carbons (Fsp3) is 0.500. The Hall–Kier alpha value is -1.58. The van der Waals surface area contributed by atoms with E-state index >= 15 is 0 Å². The van der Waals surface area contributed by atoms with Crippen LogP contribution in [0.25, 0.3) is 0 Å². The summed E-state index contributed by atoms with van der Waals surface area (Å²) in [5.41, 5.74) is 0.445. The maximum Gasteiger partial charge on any atom is 0.337 e. The number of hydrogen-bond donors (Lipinski definition) is 0. The van der Waals surface area contributed by atoms with E-state index in [-0.39, 0.29) is 18.0 Å². The van der Waals surface area contributed by atoms with Crippen LogP contribution in [0.5, 0.6) is 0 Å². The van der Waals surface area contributed by atoms with Gasteiger partial charge in [-0.25, -0.2) is 4.79 Å². The third kappa shape index (κ3) is 6.01.